The van der Waals surface area contributed by atoms with Gasteiger partial charge in [0.1, 0.15) is 15.6 Å². The molecular weight excluding hydrogens is 294 g/mol. The number of nitrogens with two attached hydrogens (primary N) is 1. The highest BCUT2D eigenvalue weighted by Gasteiger charge is 2.01. The smallest absolute Gasteiger partial charge is 0.148 e. The molecule has 0 fully saturated rings. The van der Waals surface area contributed by atoms with Crippen LogP contribution in [0.2, 0.25) is 0 Å². The standard InChI is InChI=1S/C14H19NO3S2/c1-20(16,17)12-11-19-10-9-18-14-6-4-13(5-7-14)3-2-8-15/h4-7H,8-12,15H2,1H3. The van der Waals surface area contributed by atoms with E-state index < -0.39 is 9.84 Å². The largest absolute Gasteiger partial charge is 0.493 e. The molecule has 110 valence electrons. The van der Waals surface area contributed by atoms with Crippen LogP contribution in [0.4, 0.5) is 0 Å². The molecule has 1 rings (SSSR count). The number of sulfone groups is 1. The Morgan fingerprint density at radius 1 is 1.25 bits per heavy atom. The molecule has 0 heterocycles. The molecule has 0 aromatic heterocycles. The number of ether oxygens (including phenoxy) is 1. The third-order valence-corrected chi connectivity index (χ3v) is 4.44. The molecule has 0 aliphatic carbocycles. The summed E-state index contributed by atoms with van der Waals surface area (Å²) in [5.41, 5.74) is 6.21. The van der Waals surface area contributed by atoms with Crippen molar-refractivity contribution in [1.29, 1.82) is 0 Å². The zero-order valence-electron chi connectivity index (χ0n) is 11.5. The quantitative estimate of drug-likeness (QED) is 0.604. The summed E-state index contributed by atoms with van der Waals surface area (Å²) >= 11 is 1.57. The minimum absolute atomic E-state index is 0.214. The molecule has 1 aromatic rings. The van der Waals surface area contributed by atoms with Crippen LogP contribution < -0.4 is 10.5 Å². The Labute approximate surface area is 125 Å². The van der Waals surface area contributed by atoms with Gasteiger partial charge in [-0.15, -0.1) is 0 Å². The van der Waals surface area contributed by atoms with Crippen LogP contribution in [0, 0.1) is 11.8 Å². The lowest BCUT2D eigenvalue weighted by molar-refractivity contribution is 0.344. The third kappa shape index (κ3) is 8.10. The second-order valence-corrected chi connectivity index (χ2v) is 7.61. The van der Waals surface area contributed by atoms with E-state index in [0.717, 1.165) is 17.1 Å². The maximum absolute atomic E-state index is 10.9. The van der Waals surface area contributed by atoms with Crippen LogP contribution >= 0.6 is 11.8 Å². The van der Waals surface area contributed by atoms with E-state index in [-0.39, 0.29) is 5.75 Å². The van der Waals surface area contributed by atoms with E-state index in [4.69, 9.17) is 10.5 Å². The predicted molar refractivity (Wildman–Crippen MR) is 84.9 cm³/mol. The molecule has 1 aromatic carbocycles. The first-order chi connectivity index (χ1) is 9.51. The fourth-order valence-corrected chi connectivity index (χ4v) is 3.41. The molecule has 0 spiro atoms. The van der Waals surface area contributed by atoms with Crippen LogP contribution in [0.25, 0.3) is 0 Å². The van der Waals surface area contributed by atoms with E-state index in [1.165, 1.54) is 6.26 Å². The van der Waals surface area contributed by atoms with Crippen LogP contribution in [0.15, 0.2) is 24.3 Å². The summed E-state index contributed by atoms with van der Waals surface area (Å²) < 4.78 is 27.4. The van der Waals surface area contributed by atoms with Crippen LogP contribution in [-0.4, -0.2) is 45.1 Å². The number of hydrogen-bond donors (Lipinski definition) is 1. The summed E-state index contributed by atoms with van der Waals surface area (Å²) in [4.78, 5) is 0. The molecule has 0 aliphatic heterocycles. The van der Waals surface area contributed by atoms with E-state index in [9.17, 15) is 8.42 Å². The van der Waals surface area contributed by atoms with E-state index in [1.54, 1.807) is 11.8 Å². The molecule has 0 bridgehead atoms. The minimum atomic E-state index is -2.86. The summed E-state index contributed by atoms with van der Waals surface area (Å²) in [5.74, 6) is 8.10. The van der Waals surface area contributed by atoms with Gasteiger partial charge < -0.3 is 10.5 Å². The van der Waals surface area contributed by atoms with Crippen molar-refractivity contribution in [2.24, 2.45) is 5.73 Å². The zero-order valence-corrected chi connectivity index (χ0v) is 13.1. The fourth-order valence-electron chi connectivity index (χ4n) is 1.32. The van der Waals surface area contributed by atoms with Gasteiger partial charge in [-0.25, -0.2) is 8.42 Å². The second-order valence-electron chi connectivity index (χ2n) is 4.12. The van der Waals surface area contributed by atoms with E-state index >= 15 is 0 Å². The maximum Gasteiger partial charge on any atom is 0.148 e. The first-order valence-corrected chi connectivity index (χ1v) is 9.40. The Bertz CT molecular complexity index is 556. The highest BCUT2D eigenvalue weighted by molar-refractivity contribution is 8.00. The molecule has 0 amide bonds. The summed E-state index contributed by atoms with van der Waals surface area (Å²) in [6.45, 7) is 0.908. The topological polar surface area (TPSA) is 69.4 Å². The van der Waals surface area contributed by atoms with E-state index in [1.807, 2.05) is 24.3 Å². The lowest BCUT2D eigenvalue weighted by Crippen LogP contribution is -2.07. The predicted octanol–water partition coefficient (Wildman–Crippen LogP) is 1.15. The lowest BCUT2D eigenvalue weighted by Gasteiger charge is -2.05. The van der Waals surface area contributed by atoms with Crippen LogP contribution in [0.1, 0.15) is 5.56 Å². The first-order valence-electron chi connectivity index (χ1n) is 6.18. The Kier molecular flexibility index (Phi) is 7.52. The molecule has 4 nitrogen and oxygen atoms in total. The molecule has 20 heavy (non-hydrogen) atoms. The Hall–Kier alpha value is -1.16. The summed E-state index contributed by atoms with van der Waals surface area (Å²) in [6.07, 6.45) is 1.25. The minimum Gasteiger partial charge on any atom is -0.493 e. The van der Waals surface area contributed by atoms with Crippen molar-refractivity contribution in [3.8, 4) is 17.6 Å². The van der Waals surface area contributed by atoms with Crippen molar-refractivity contribution in [1.82, 2.24) is 0 Å². The van der Waals surface area contributed by atoms with Crippen LogP contribution in [0.3, 0.4) is 0 Å². The molecule has 0 saturated heterocycles. The van der Waals surface area contributed by atoms with Gasteiger partial charge >= 0.3 is 0 Å². The van der Waals surface area contributed by atoms with Gasteiger partial charge in [0, 0.05) is 23.3 Å². The molecule has 0 aliphatic rings. The number of thioether (sulfide) groups is 1. The van der Waals surface area contributed by atoms with Crippen LogP contribution in [-0.2, 0) is 9.84 Å². The normalized spacial score (nSPS) is 10.7. The van der Waals surface area contributed by atoms with E-state index in [2.05, 4.69) is 11.8 Å². The molecule has 2 N–H and O–H groups in total. The lowest BCUT2D eigenvalue weighted by atomic mass is 10.2. The van der Waals surface area contributed by atoms with Gasteiger partial charge in [-0.2, -0.15) is 11.8 Å². The van der Waals surface area contributed by atoms with Gasteiger partial charge in [0.15, 0.2) is 0 Å². The van der Waals surface area contributed by atoms with Crippen molar-refractivity contribution >= 4 is 21.6 Å². The first kappa shape index (κ1) is 16.9. The average Bonchev–Trinajstić information content (AvgIpc) is 2.40. The maximum atomic E-state index is 10.9. The highest BCUT2D eigenvalue weighted by atomic mass is 32.2. The Balaban J connectivity index is 2.22. The Morgan fingerprint density at radius 2 is 1.95 bits per heavy atom. The number of benzene rings is 1. The Morgan fingerprint density at radius 3 is 2.55 bits per heavy atom. The number of rotatable bonds is 7. The van der Waals surface area contributed by atoms with E-state index in [0.29, 0.717) is 18.9 Å². The fraction of sp³-hybridized carbons (Fsp3) is 0.429. The molecular formula is C14H19NO3S2. The summed E-state index contributed by atoms with van der Waals surface area (Å²) in [6, 6.07) is 7.49. The van der Waals surface area contributed by atoms with Gasteiger partial charge in [-0.05, 0) is 24.3 Å². The molecule has 0 unspecified atom stereocenters. The van der Waals surface area contributed by atoms with Gasteiger partial charge in [-0.1, -0.05) is 11.8 Å². The summed E-state index contributed by atoms with van der Waals surface area (Å²) in [7, 11) is -2.86. The monoisotopic (exact) mass is 313 g/mol. The highest BCUT2D eigenvalue weighted by Crippen LogP contribution is 2.12. The average molecular weight is 313 g/mol. The van der Waals surface area contributed by atoms with Crippen LogP contribution in [0.5, 0.6) is 5.75 Å². The van der Waals surface area contributed by atoms with Crippen molar-refractivity contribution in [3.63, 3.8) is 0 Å². The van der Waals surface area contributed by atoms with Crippen molar-refractivity contribution in [3.05, 3.63) is 29.8 Å². The van der Waals surface area contributed by atoms with Crippen molar-refractivity contribution in [2.45, 2.75) is 0 Å². The third-order valence-electron chi connectivity index (χ3n) is 2.28. The van der Waals surface area contributed by atoms with Crippen molar-refractivity contribution in [2.75, 3.05) is 36.7 Å². The van der Waals surface area contributed by atoms with Gasteiger partial charge in [0.2, 0.25) is 0 Å². The summed E-state index contributed by atoms with van der Waals surface area (Å²) in [5, 5.41) is 0. The van der Waals surface area contributed by atoms with Gasteiger partial charge in [0.25, 0.3) is 0 Å². The molecule has 0 saturated carbocycles. The number of hydrogen-bond acceptors (Lipinski definition) is 5. The molecule has 0 radical (unpaired) electrons. The second kappa shape index (κ2) is 8.90. The SMILES string of the molecule is CS(=O)(=O)CCSCCOc1ccc(C#CCN)cc1. The molecule has 6 heteroatoms. The zero-order chi connectivity index (χ0) is 14.8. The van der Waals surface area contributed by atoms with Gasteiger partial charge in [-0.3, -0.25) is 0 Å². The van der Waals surface area contributed by atoms with Crippen molar-refractivity contribution < 1.29 is 13.2 Å². The molecule has 0 atom stereocenters. The van der Waals surface area contributed by atoms with Gasteiger partial charge in [0.05, 0.1) is 18.9 Å².